The molecule has 3 aromatic carbocycles. The van der Waals surface area contributed by atoms with Crippen LogP contribution in [0.3, 0.4) is 0 Å². The Balaban J connectivity index is 1.03. The summed E-state index contributed by atoms with van der Waals surface area (Å²) in [6.45, 7) is 8.03. The molecule has 7 rings (SSSR count). The van der Waals surface area contributed by atoms with Gasteiger partial charge in [0.05, 0.1) is 0 Å². The van der Waals surface area contributed by atoms with Crippen molar-refractivity contribution in [2.24, 2.45) is 0 Å². The van der Waals surface area contributed by atoms with Gasteiger partial charge >= 0.3 is 6.36 Å². The van der Waals surface area contributed by atoms with Crippen LogP contribution in [0.2, 0.25) is 15.2 Å². The van der Waals surface area contributed by atoms with E-state index >= 15 is 0 Å². The molecule has 57 heavy (non-hydrogen) atoms. The predicted octanol–water partition coefficient (Wildman–Crippen LogP) is 8.30. The molecule has 302 valence electrons. The lowest BCUT2D eigenvalue weighted by Gasteiger charge is -2.37. The first-order valence-corrected chi connectivity index (χ1v) is 20.3. The molecule has 2 aliphatic rings. The van der Waals surface area contributed by atoms with Gasteiger partial charge in [0.25, 0.3) is 0 Å². The average molecular weight is 843 g/mol. The van der Waals surface area contributed by atoms with Crippen LogP contribution in [0.25, 0.3) is 22.0 Å². The number of ether oxygens (including phenoxy) is 1. The van der Waals surface area contributed by atoms with E-state index in [9.17, 15) is 18.0 Å². The topological polar surface area (TPSA) is 86.7 Å². The van der Waals surface area contributed by atoms with Crippen LogP contribution in [0.1, 0.15) is 36.0 Å². The molecule has 3 N–H and O–H groups in total. The summed E-state index contributed by atoms with van der Waals surface area (Å²) in [4.78, 5) is 22.6. The zero-order valence-corrected chi connectivity index (χ0v) is 33.6. The Bertz CT molecular complexity index is 2130. The minimum absolute atomic E-state index is 0.0264. The third-order valence-electron chi connectivity index (χ3n) is 10.8. The number of carbonyl (C=O) groups excluding carboxylic acids is 1. The average Bonchev–Trinajstić information content (AvgIpc) is 3.55. The molecule has 2 aromatic heterocycles. The fourth-order valence-electron chi connectivity index (χ4n) is 7.75. The molecule has 0 bridgehead atoms. The molecule has 0 aliphatic carbocycles. The molecular formula is C42H45Cl3F3N7O2. The van der Waals surface area contributed by atoms with E-state index in [-0.39, 0.29) is 11.7 Å². The van der Waals surface area contributed by atoms with Gasteiger partial charge in [-0.25, -0.2) is 4.98 Å². The van der Waals surface area contributed by atoms with Crippen molar-refractivity contribution in [1.82, 2.24) is 35.3 Å². The highest BCUT2D eigenvalue weighted by molar-refractivity contribution is 6.36. The number of nitrogens with one attached hydrogen (secondary N) is 3. The van der Waals surface area contributed by atoms with E-state index < -0.39 is 11.9 Å². The first-order valence-electron chi connectivity index (χ1n) is 19.1. The molecule has 0 atom stereocenters. The summed E-state index contributed by atoms with van der Waals surface area (Å²) in [6, 6.07) is 21.7. The van der Waals surface area contributed by atoms with Crippen molar-refractivity contribution in [2.45, 2.75) is 57.3 Å². The van der Waals surface area contributed by atoms with Crippen LogP contribution in [0.4, 0.5) is 13.2 Å². The number of fused-ring (bicyclic) bond motifs is 1. The second kappa shape index (κ2) is 18.4. The number of pyridine rings is 1. The quantitative estimate of drug-likeness (QED) is 0.0767. The second-order valence-electron chi connectivity index (χ2n) is 14.7. The van der Waals surface area contributed by atoms with E-state index in [1.807, 2.05) is 30.5 Å². The molecule has 0 radical (unpaired) electrons. The fourth-order valence-corrected chi connectivity index (χ4v) is 8.46. The smallest absolute Gasteiger partial charge is 0.406 e. The maximum atomic E-state index is 13.7. The van der Waals surface area contributed by atoms with Crippen molar-refractivity contribution < 1.29 is 22.7 Å². The number of hydrogen-bond acceptors (Lipinski definition) is 7. The number of hydrogen-bond donors (Lipinski definition) is 3. The number of rotatable bonds is 14. The van der Waals surface area contributed by atoms with E-state index in [1.54, 1.807) is 24.4 Å². The standard InChI is InChI=1S/C42H45Cl3F3N7O2/c43-36-3-1-4-37(44)35(36)27-54-21-19-53(20-22-54)26-30-5-10-38-33(23-30)34(31-6-8-32(9-7-31)57-42(46,47)48)28-55(38)18-2-14-51-40(56)41(12-16-49-17-13-41)52-25-29-11-15-50-39(45)24-29/h1,3-11,15,23-24,28,49,52H,2,12-14,16-22,25-27H2,(H,51,56). The summed E-state index contributed by atoms with van der Waals surface area (Å²) in [5.41, 5.74) is 5.03. The third kappa shape index (κ3) is 10.6. The second-order valence-corrected chi connectivity index (χ2v) is 15.9. The Morgan fingerprint density at radius 1 is 0.877 bits per heavy atom. The first kappa shape index (κ1) is 41.3. The van der Waals surface area contributed by atoms with Crippen molar-refractivity contribution >= 4 is 51.6 Å². The lowest BCUT2D eigenvalue weighted by atomic mass is 9.87. The third-order valence-corrected chi connectivity index (χ3v) is 11.7. The highest BCUT2D eigenvalue weighted by Crippen LogP contribution is 2.34. The largest absolute Gasteiger partial charge is 0.573 e. The van der Waals surface area contributed by atoms with E-state index in [1.165, 1.54) is 12.1 Å². The SMILES string of the molecule is O=C(NCCCn1cc(-c2ccc(OC(F)(F)F)cc2)c2cc(CN3CCN(Cc4c(Cl)cccc4Cl)CC3)ccc21)C1(NCc2ccnc(Cl)c2)CCNCC1. The van der Waals surface area contributed by atoms with Crippen LogP contribution in [-0.4, -0.2) is 83.0 Å². The van der Waals surface area contributed by atoms with Gasteiger partial charge < -0.3 is 19.9 Å². The number of piperazine rings is 1. The number of piperidine rings is 1. The Kier molecular flexibility index (Phi) is 13.3. The van der Waals surface area contributed by atoms with Crippen LogP contribution in [0.15, 0.2) is 85.2 Å². The van der Waals surface area contributed by atoms with Crippen LogP contribution >= 0.6 is 34.8 Å². The zero-order valence-electron chi connectivity index (χ0n) is 31.4. The minimum Gasteiger partial charge on any atom is -0.406 e. The normalized spacial score (nSPS) is 16.5. The number of amides is 1. The lowest BCUT2D eigenvalue weighted by Crippen LogP contribution is -2.61. The summed E-state index contributed by atoms with van der Waals surface area (Å²) >= 11 is 19.0. The number of nitrogens with zero attached hydrogens (tertiary/aromatic N) is 4. The van der Waals surface area contributed by atoms with Gasteiger partial charge in [0, 0.05) is 103 Å². The number of aryl methyl sites for hydroxylation is 1. The molecule has 1 amide bonds. The maximum absolute atomic E-state index is 13.7. The Morgan fingerprint density at radius 2 is 1.58 bits per heavy atom. The molecule has 5 aromatic rings. The molecule has 0 spiro atoms. The van der Waals surface area contributed by atoms with Gasteiger partial charge in [-0.05, 0) is 97.6 Å². The number of halogens is 6. The van der Waals surface area contributed by atoms with Crippen LogP contribution < -0.4 is 20.7 Å². The molecule has 15 heteroatoms. The zero-order chi connectivity index (χ0) is 40.0. The van der Waals surface area contributed by atoms with Crippen molar-refractivity contribution in [2.75, 3.05) is 45.8 Å². The van der Waals surface area contributed by atoms with Crippen LogP contribution in [-0.2, 0) is 31.0 Å². The number of carbonyl (C=O) groups is 1. The molecule has 2 aliphatic heterocycles. The fraction of sp³-hybridized carbons (Fsp3) is 0.381. The Hall–Kier alpha value is -3.88. The van der Waals surface area contributed by atoms with E-state index in [0.29, 0.717) is 60.6 Å². The molecule has 9 nitrogen and oxygen atoms in total. The van der Waals surface area contributed by atoms with Gasteiger partial charge in [-0.1, -0.05) is 59.1 Å². The molecule has 2 saturated heterocycles. The molecule has 2 fully saturated rings. The Labute approximate surface area is 345 Å². The summed E-state index contributed by atoms with van der Waals surface area (Å²) in [6.07, 6.45) is 0.924. The highest BCUT2D eigenvalue weighted by Gasteiger charge is 2.39. The predicted molar refractivity (Wildman–Crippen MR) is 220 cm³/mol. The lowest BCUT2D eigenvalue weighted by molar-refractivity contribution is -0.274. The highest BCUT2D eigenvalue weighted by atomic mass is 35.5. The number of alkyl halides is 3. The minimum atomic E-state index is -4.77. The number of aromatic nitrogens is 2. The molecule has 0 unspecified atom stereocenters. The van der Waals surface area contributed by atoms with Crippen molar-refractivity contribution in [3.63, 3.8) is 0 Å². The number of benzene rings is 3. The van der Waals surface area contributed by atoms with Crippen LogP contribution in [0.5, 0.6) is 5.75 Å². The van der Waals surface area contributed by atoms with Gasteiger partial charge in [-0.15, -0.1) is 13.2 Å². The van der Waals surface area contributed by atoms with Gasteiger partial charge in [-0.2, -0.15) is 0 Å². The van der Waals surface area contributed by atoms with Gasteiger partial charge in [0.15, 0.2) is 0 Å². The van der Waals surface area contributed by atoms with Crippen molar-refractivity contribution in [3.05, 3.63) is 117 Å². The van der Waals surface area contributed by atoms with Crippen LogP contribution in [0, 0.1) is 0 Å². The molecule has 4 heterocycles. The summed E-state index contributed by atoms with van der Waals surface area (Å²) < 4.78 is 45.1. The Morgan fingerprint density at radius 3 is 2.26 bits per heavy atom. The van der Waals surface area contributed by atoms with Crippen molar-refractivity contribution in [3.8, 4) is 16.9 Å². The van der Waals surface area contributed by atoms with Gasteiger partial charge in [0.2, 0.25) is 5.91 Å². The van der Waals surface area contributed by atoms with E-state index in [0.717, 1.165) is 84.5 Å². The molecular weight excluding hydrogens is 798 g/mol. The summed E-state index contributed by atoms with van der Waals surface area (Å²) in [7, 11) is 0. The van der Waals surface area contributed by atoms with Crippen molar-refractivity contribution in [1.29, 1.82) is 0 Å². The molecule has 0 saturated carbocycles. The van der Waals surface area contributed by atoms with E-state index in [4.69, 9.17) is 34.8 Å². The summed E-state index contributed by atoms with van der Waals surface area (Å²) in [5, 5.41) is 12.8. The monoisotopic (exact) mass is 841 g/mol. The van der Waals surface area contributed by atoms with Gasteiger partial charge in [0.1, 0.15) is 16.4 Å². The summed E-state index contributed by atoms with van der Waals surface area (Å²) in [5.74, 6) is -0.297. The first-order chi connectivity index (χ1) is 27.4. The van der Waals surface area contributed by atoms with E-state index in [2.05, 4.69) is 58.2 Å². The van der Waals surface area contributed by atoms with Gasteiger partial charge in [-0.3, -0.25) is 19.9 Å². The maximum Gasteiger partial charge on any atom is 0.573 e.